The van der Waals surface area contributed by atoms with Crippen LogP contribution in [-0.2, 0) is 19.5 Å². The van der Waals surface area contributed by atoms with Gasteiger partial charge in [0, 0.05) is 41.3 Å². The zero-order valence-electron chi connectivity index (χ0n) is 15.7. The highest BCUT2D eigenvalue weighted by molar-refractivity contribution is 6.30. The number of ether oxygens (including phenoxy) is 1. The summed E-state index contributed by atoms with van der Waals surface area (Å²) in [5, 5.41) is 0.574. The summed E-state index contributed by atoms with van der Waals surface area (Å²) in [6, 6.07) is 13.0. The highest BCUT2D eigenvalue weighted by Crippen LogP contribution is 2.28. The molecule has 0 radical (unpaired) electrons. The molecule has 0 saturated heterocycles. The number of para-hydroxylation sites is 1. The number of H-pyrrole nitrogens is 1. The van der Waals surface area contributed by atoms with Gasteiger partial charge in [-0.25, -0.2) is 4.98 Å². The molecule has 1 aliphatic heterocycles. The third kappa shape index (κ3) is 4.66. The van der Waals surface area contributed by atoms with Crippen LogP contribution in [0.15, 0.2) is 53.3 Å². The second-order valence-corrected chi connectivity index (χ2v) is 7.40. The zero-order chi connectivity index (χ0) is 21.3. The maximum atomic E-state index is 12.7. The van der Waals surface area contributed by atoms with Crippen LogP contribution in [0, 0.1) is 0 Å². The summed E-state index contributed by atoms with van der Waals surface area (Å²) in [6.45, 7) is 1.12. The summed E-state index contributed by atoms with van der Waals surface area (Å²) < 4.78 is 42.2. The number of fused-ring (bicyclic) bond motifs is 1. The van der Waals surface area contributed by atoms with Crippen LogP contribution in [0.25, 0.3) is 11.4 Å². The quantitative estimate of drug-likeness (QED) is 0.653. The van der Waals surface area contributed by atoms with Crippen LogP contribution in [0.3, 0.4) is 0 Å². The van der Waals surface area contributed by atoms with Crippen molar-refractivity contribution in [2.45, 2.75) is 25.9 Å². The fourth-order valence-electron chi connectivity index (χ4n) is 3.47. The maximum Gasteiger partial charge on any atom is 0.573 e. The second kappa shape index (κ2) is 8.12. The number of hydrogen-bond donors (Lipinski definition) is 1. The van der Waals surface area contributed by atoms with Crippen LogP contribution in [0.5, 0.6) is 5.75 Å². The van der Waals surface area contributed by atoms with E-state index >= 15 is 0 Å². The Morgan fingerprint density at radius 3 is 2.60 bits per heavy atom. The first-order chi connectivity index (χ1) is 14.3. The first kappa shape index (κ1) is 20.4. The Bertz CT molecular complexity index is 1110. The predicted octanol–water partition coefficient (Wildman–Crippen LogP) is 4.55. The lowest BCUT2D eigenvalue weighted by atomic mass is 10.0. The minimum atomic E-state index is -4.76. The molecule has 2 aromatic carbocycles. The van der Waals surface area contributed by atoms with Gasteiger partial charge in [-0.3, -0.25) is 9.69 Å². The Kier molecular flexibility index (Phi) is 5.53. The normalized spacial score (nSPS) is 14.4. The van der Waals surface area contributed by atoms with Gasteiger partial charge in [0.15, 0.2) is 0 Å². The van der Waals surface area contributed by atoms with E-state index < -0.39 is 6.36 Å². The molecule has 4 rings (SSSR count). The molecule has 1 aliphatic rings. The van der Waals surface area contributed by atoms with E-state index in [1.807, 2.05) is 4.90 Å². The van der Waals surface area contributed by atoms with E-state index in [9.17, 15) is 18.0 Å². The van der Waals surface area contributed by atoms with Gasteiger partial charge in [0.2, 0.25) is 0 Å². The van der Waals surface area contributed by atoms with Crippen molar-refractivity contribution in [3.05, 3.63) is 80.7 Å². The molecule has 0 amide bonds. The van der Waals surface area contributed by atoms with Crippen LogP contribution in [0.4, 0.5) is 13.2 Å². The van der Waals surface area contributed by atoms with Gasteiger partial charge in [0.1, 0.15) is 11.6 Å². The monoisotopic (exact) mass is 435 g/mol. The lowest BCUT2D eigenvalue weighted by Gasteiger charge is -2.28. The molecule has 1 aromatic heterocycles. The average molecular weight is 436 g/mol. The van der Waals surface area contributed by atoms with E-state index in [2.05, 4.69) is 14.7 Å². The molecule has 0 bridgehead atoms. The summed E-state index contributed by atoms with van der Waals surface area (Å²) in [6.07, 6.45) is -4.30. The number of nitrogens with one attached hydrogen (secondary N) is 1. The molecule has 9 heteroatoms. The fraction of sp³-hybridized carbons (Fsp3) is 0.238. The van der Waals surface area contributed by atoms with Crippen LogP contribution >= 0.6 is 11.6 Å². The molecule has 1 N–H and O–H groups in total. The highest BCUT2D eigenvalue weighted by atomic mass is 35.5. The van der Waals surface area contributed by atoms with Crippen molar-refractivity contribution in [3.8, 4) is 17.1 Å². The molecule has 0 fully saturated rings. The van der Waals surface area contributed by atoms with Crippen molar-refractivity contribution in [1.29, 1.82) is 0 Å². The molecular weight excluding hydrogens is 419 g/mol. The van der Waals surface area contributed by atoms with Crippen molar-refractivity contribution in [1.82, 2.24) is 14.9 Å². The summed E-state index contributed by atoms with van der Waals surface area (Å²) in [5.41, 5.74) is 2.15. The number of aromatic nitrogens is 2. The number of halogens is 4. The van der Waals surface area contributed by atoms with Crippen LogP contribution < -0.4 is 10.3 Å². The number of hydrogen-bond acceptors (Lipinski definition) is 4. The standard InChI is InChI=1S/C21H17ClF3N3O2/c22-15-7-5-13(6-8-15)19-26-17-12-28(10-9-16(17)20(29)27-19)11-14-3-1-2-4-18(14)30-21(23,24)25/h1-8H,9-12H2,(H,26,27,29). The number of alkyl halides is 3. The summed E-state index contributed by atoms with van der Waals surface area (Å²) >= 11 is 5.92. The van der Waals surface area contributed by atoms with Gasteiger partial charge in [-0.05, 0) is 36.8 Å². The number of rotatable bonds is 4. The third-order valence-corrected chi connectivity index (χ3v) is 5.11. The van der Waals surface area contributed by atoms with E-state index in [1.165, 1.54) is 12.1 Å². The summed E-state index contributed by atoms with van der Waals surface area (Å²) in [5.74, 6) is 0.203. The topological polar surface area (TPSA) is 58.2 Å². The highest BCUT2D eigenvalue weighted by Gasteiger charge is 2.32. The lowest BCUT2D eigenvalue weighted by Crippen LogP contribution is -2.35. The smallest absolute Gasteiger partial charge is 0.405 e. The number of nitrogens with zero attached hydrogens (tertiary/aromatic N) is 2. The van der Waals surface area contributed by atoms with Crippen molar-refractivity contribution in [3.63, 3.8) is 0 Å². The molecule has 30 heavy (non-hydrogen) atoms. The van der Waals surface area contributed by atoms with Gasteiger partial charge in [-0.15, -0.1) is 13.2 Å². The maximum absolute atomic E-state index is 12.7. The van der Waals surface area contributed by atoms with Crippen molar-refractivity contribution < 1.29 is 17.9 Å². The van der Waals surface area contributed by atoms with Crippen molar-refractivity contribution in [2.24, 2.45) is 0 Å². The van der Waals surface area contributed by atoms with Gasteiger partial charge in [-0.2, -0.15) is 0 Å². The molecule has 0 saturated carbocycles. The Morgan fingerprint density at radius 1 is 1.13 bits per heavy atom. The fourth-order valence-corrected chi connectivity index (χ4v) is 3.60. The van der Waals surface area contributed by atoms with Crippen LogP contribution in [0.2, 0.25) is 5.02 Å². The molecule has 5 nitrogen and oxygen atoms in total. The lowest BCUT2D eigenvalue weighted by molar-refractivity contribution is -0.275. The molecule has 0 aliphatic carbocycles. The number of benzene rings is 2. The average Bonchev–Trinajstić information content (AvgIpc) is 2.69. The Hall–Kier alpha value is -2.84. The first-order valence-corrected chi connectivity index (χ1v) is 9.60. The summed E-state index contributed by atoms with van der Waals surface area (Å²) in [7, 11) is 0. The second-order valence-electron chi connectivity index (χ2n) is 6.96. The predicted molar refractivity (Wildman–Crippen MR) is 106 cm³/mol. The first-order valence-electron chi connectivity index (χ1n) is 9.22. The SMILES string of the molecule is O=c1[nH]c(-c2ccc(Cl)cc2)nc2c1CCN(Cc1ccccc1OC(F)(F)F)C2. The number of aromatic amines is 1. The summed E-state index contributed by atoms with van der Waals surface area (Å²) in [4.78, 5) is 21.9. The molecular formula is C21H17ClF3N3O2. The van der Waals surface area contributed by atoms with Gasteiger partial charge < -0.3 is 9.72 Å². The minimum absolute atomic E-state index is 0.203. The molecule has 0 spiro atoms. The Labute approximate surface area is 175 Å². The third-order valence-electron chi connectivity index (χ3n) is 4.86. The Morgan fingerprint density at radius 2 is 1.87 bits per heavy atom. The van der Waals surface area contributed by atoms with Crippen molar-refractivity contribution in [2.75, 3.05) is 6.54 Å². The van der Waals surface area contributed by atoms with E-state index in [1.54, 1.807) is 36.4 Å². The molecule has 3 aromatic rings. The molecule has 0 unspecified atom stereocenters. The van der Waals surface area contributed by atoms with E-state index in [0.29, 0.717) is 47.2 Å². The van der Waals surface area contributed by atoms with Gasteiger partial charge in [0.05, 0.1) is 5.69 Å². The largest absolute Gasteiger partial charge is 0.573 e. The van der Waals surface area contributed by atoms with Crippen LogP contribution in [-0.4, -0.2) is 27.8 Å². The van der Waals surface area contributed by atoms with E-state index in [0.717, 1.165) is 5.56 Å². The van der Waals surface area contributed by atoms with Crippen LogP contribution in [0.1, 0.15) is 16.8 Å². The van der Waals surface area contributed by atoms with Gasteiger partial charge in [0.25, 0.3) is 5.56 Å². The van der Waals surface area contributed by atoms with Crippen molar-refractivity contribution >= 4 is 11.6 Å². The molecule has 0 atom stereocenters. The van der Waals surface area contributed by atoms with E-state index in [4.69, 9.17) is 11.6 Å². The molecule has 2 heterocycles. The molecule has 156 valence electrons. The Balaban J connectivity index is 1.58. The zero-order valence-corrected chi connectivity index (χ0v) is 16.4. The van der Waals surface area contributed by atoms with Gasteiger partial charge in [-0.1, -0.05) is 29.8 Å². The van der Waals surface area contributed by atoms with Gasteiger partial charge >= 0.3 is 6.36 Å². The minimum Gasteiger partial charge on any atom is -0.405 e. The van der Waals surface area contributed by atoms with E-state index in [-0.39, 0.29) is 17.9 Å².